The summed E-state index contributed by atoms with van der Waals surface area (Å²) in [6, 6.07) is 5.71. The van der Waals surface area contributed by atoms with Crippen molar-refractivity contribution in [2.45, 2.75) is 98.8 Å². The van der Waals surface area contributed by atoms with Crippen LogP contribution in [-0.4, -0.2) is 37.5 Å². The molecule has 0 fully saturated rings. The summed E-state index contributed by atoms with van der Waals surface area (Å²) in [6.07, 6.45) is 1.46. The third-order valence-electron chi connectivity index (χ3n) is 5.99. The van der Waals surface area contributed by atoms with Crippen molar-refractivity contribution in [1.29, 1.82) is 0 Å². The molecule has 0 radical (unpaired) electrons. The van der Waals surface area contributed by atoms with Gasteiger partial charge in [-0.2, -0.15) is 0 Å². The van der Waals surface area contributed by atoms with Crippen molar-refractivity contribution >= 4 is 31.4 Å². The summed E-state index contributed by atoms with van der Waals surface area (Å²) in [4.78, 5) is 0. The summed E-state index contributed by atoms with van der Waals surface area (Å²) in [7, 11) is -2.04. The van der Waals surface area contributed by atoms with Gasteiger partial charge >= 0.3 is 25.6 Å². The van der Waals surface area contributed by atoms with Crippen molar-refractivity contribution in [3.05, 3.63) is 30.2 Å². The fourth-order valence-electron chi connectivity index (χ4n) is 3.70. The SMILES string of the molecule is CC(C)O[B-](OC(C)C)(OC(C)C)c1ccc2ccn([Si](C)(C)C(C)(C)C)c2c1F.[Li+]. The van der Waals surface area contributed by atoms with E-state index in [1.165, 1.54) is 0 Å². The molecule has 0 saturated carbocycles. The maximum atomic E-state index is 16.3. The van der Waals surface area contributed by atoms with Crippen LogP contribution in [0.1, 0.15) is 62.3 Å². The molecule has 0 atom stereocenters. The number of hydrogen-bond acceptors (Lipinski definition) is 3. The molecule has 0 unspecified atom stereocenters. The summed E-state index contributed by atoms with van der Waals surface area (Å²) in [5.41, 5.74) is 0.953. The van der Waals surface area contributed by atoms with E-state index in [1.54, 1.807) is 6.07 Å². The molecule has 31 heavy (non-hydrogen) atoms. The maximum absolute atomic E-state index is 16.3. The molecule has 170 valence electrons. The van der Waals surface area contributed by atoms with Gasteiger partial charge in [0.15, 0.2) is 8.24 Å². The summed E-state index contributed by atoms with van der Waals surface area (Å²) in [5.74, 6) is -0.315. The fraction of sp³-hybridized carbons (Fsp3) is 0.652. The maximum Gasteiger partial charge on any atom is 1.00 e. The average Bonchev–Trinajstić information content (AvgIpc) is 2.97. The van der Waals surface area contributed by atoms with Gasteiger partial charge in [-0.3, -0.25) is 0 Å². The summed E-state index contributed by atoms with van der Waals surface area (Å²) < 4.78 is 37.1. The van der Waals surface area contributed by atoms with Crippen LogP contribution in [0.5, 0.6) is 0 Å². The Kier molecular flexibility index (Phi) is 9.33. The van der Waals surface area contributed by atoms with Crippen molar-refractivity contribution < 1.29 is 37.2 Å². The van der Waals surface area contributed by atoms with Crippen LogP contribution in [0, 0.1) is 5.82 Å². The minimum absolute atomic E-state index is 0. The van der Waals surface area contributed by atoms with Crippen LogP contribution in [0.25, 0.3) is 10.9 Å². The number of rotatable bonds is 8. The van der Waals surface area contributed by atoms with Gasteiger partial charge in [-0.15, -0.1) is 0 Å². The predicted octanol–water partition coefficient (Wildman–Crippen LogP) is 3.06. The summed E-state index contributed by atoms with van der Waals surface area (Å²) in [6.45, 7) is 20.3. The van der Waals surface area contributed by atoms with Crippen molar-refractivity contribution in [3.63, 3.8) is 0 Å². The zero-order valence-corrected chi connectivity index (χ0v) is 22.7. The van der Waals surface area contributed by atoms with Crippen LogP contribution in [0.3, 0.4) is 0 Å². The smallest absolute Gasteiger partial charge is 0.538 e. The van der Waals surface area contributed by atoms with Gasteiger partial charge in [0, 0.05) is 23.7 Å². The Labute approximate surface area is 201 Å². The van der Waals surface area contributed by atoms with Gasteiger partial charge in [0.05, 0.1) is 5.52 Å². The molecule has 0 amide bonds. The van der Waals surface area contributed by atoms with E-state index in [2.05, 4.69) is 38.1 Å². The van der Waals surface area contributed by atoms with E-state index in [0.717, 1.165) is 5.39 Å². The van der Waals surface area contributed by atoms with E-state index in [-0.39, 0.29) is 48.0 Å². The molecule has 0 aliphatic rings. The quantitative estimate of drug-likeness (QED) is 0.588. The molecule has 0 aliphatic heterocycles. The van der Waals surface area contributed by atoms with E-state index in [9.17, 15) is 0 Å². The molecule has 0 aliphatic carbocycles. The zero-order chi connectivity index (χ0) is 23.1. The molecule has 0 saturated heterocycles. The van der Waals surface area contributed by atoms with Crippen molar-refractivity contribution in [1.82, 2.24) is 4.23 Å². The molecule has 8 heteroatoms. The van der Waals surface area contributed by atoms with Gasteiger partial charge in [0.2, 0.25) is 0 Å². The van der Waals surface area contributed by atoms with Crippen LogP contribution < -0.4 is 24.3 Å². The van der Waals surface area contributed by atoms with E-state index < -0.39 is 15.0 Å². The Balaban J connectivity index is 0.00000480. The minimum atomic E-state index is -2.46. The van der Waals surface area contributed by atoms with Gasteiger partial charge < -0.3 is 18.2 Å². The number of hydrogen-bond donors (Lipinski definition) is 0. The molecular formula is C23H40BFLiNO3Si. The number of aromatic nitrogens is 1. The molecule has 1 heterocycles. The second-order valence-electron chi connectivity index (χ2n) is 10.6. The van der Waals surface area contributed by atoms with E-state index in [1.807, 2.05) is 59.9 Å². The first kappa shape index (κ1) is 28.5. The molecule has 1 aromatic heterocycles. The Hall–Kier alpha value is -0.551. The second-order valence-corrected chi connectivity index (χ2v) is 15.7. The number of fused-ring (bicyclic) bond motifs is 1. The van der Waals surface area contributed by atoms with Gasteiger partial charge in [-0.05, 0) is 58.8 Å². The Morgan fingerprint density at radius 1 is 0.871 bits per heavy atom. The van der Waals surface area contributed by atoms with Crippen molar-refractivity contribution in [2.75, 3.05) is 0 Å². The average molecular weight is 443 g/mol. The third-order valence-corrected chi connectivity index (χ3v) is 11.2. The number of benzene rings is 1. The van der Waals surface area contributed by atoms with Crippen LogP contribution >= 0.6 is 0 Å². The van der Waals surface area contributed by atoms with Crippen molar-refractivity contribution in [3.8, 4) is 0 Å². The molecule has 2 aromatic rings. The van der Waals surface area contributed by atoms with Gasteiger partial charge in [-0.25, -0.2) is 4.39 Å². The molecule has 0 spiro atoms. The molecule has 0 bridgehead atoms. The normalized spacial score (nSPS) is 13.5. The number of nitrogens with zero attached hydrogens (tertiary/aromatic N) is 1. The van der Waals surface area contributed by atoms with Crippen LogP contribution in [0.4, 0.5) is 4.39 Å². The zero-order valence-electron chi connectivity index (χ0n) is 21.7. The third kappa shape index (κ3) is 5.88. The van der Waals surface area contributed by atoms with E-state index in [4.69, 9.17) is 14.0 Å². The topological polar surface area (TPSA) is 32.6 Å². The van der Waals surface area contributed by atoms with E-state index >= 15 is 4.39 Å². The van der Waals surface area contributed by atoms with Crippen LogP contribution in [0.2, 0.25) is 18.1 Å². The first-order chi connectivity index (χ1) is 13.6. The summed E-state index contributed by atoms with van der Waals surface area (Å²) in [5, 5.41) is 0.936. The molecule has 4 nitrogen and oxygen atoms in total. The predicted molar refractivity (Wildman–Crippen MR) is 129 cm³/mol. The van der Waals surface area contributed by atoms with Gasteiger partial charge in [0.1, 0.15) is 5.82 Å². The number of halogens is 1. The monoisotopic (exact) mass is 443 g/mol. The van der Waals surface area contributed by atoms with E-state index in [0.29, 0.717) is 11.0 Å². The van der Waals surface area contributed by atoms with Crippen LogP contribution in [-0.2, 0) is 14.0 Å². The largest absolute Gasteiger partial charge is 1.00 e. The Morgan fingerprint density at radius 3 is 1.71 bits per heavy atom. The molecular weight excluding hydrogens is 403 g/mol. The Morgan fingerprint density at radius 2 is 1.32 bits per heavy atom. The van der Waals surface area contributed by atoms with Gasteiger partial charge in [0.25, 0.3) is 0 Å². The fourth-order valence-corrected chi connectivity index (χ4v) is 5.65. The molecule has 1 aromatic carbocycles. The summed E-state index contributed by atoms with van der Waals surface area (Å²) >= 11 is 0. The molecule has 2 rings (SSSR count). The first-order valence-electron chi connectivity index (χ1n) is 11.1. The van der Waals surface area contributed by atoms with Crippen molar-refractivity contribution in [2.24, 2.45) is 0 Å². The first-order valence-corrected chi connectivity index (χ1v) is 14.0. The minimum Gasteiger partial charge on any atom is -0.538 e. The van der Waals surface area contributed by atoms with Crippen LogP contribution in [0.15, 0.2) is 24.4 Å². The molecule has 0 N–H and O–H groups in total. The second kappa shape index (κ2) is 10.2. The Bertz CT molecular complexity index is 851. The van der Waals surface area contributed by atoms with Gasteiger partial charge in [-0.1, -0.05) is 51.5 Å². The standard InChI is InChI=1S/C23H40BFNO3Si.Li/c1-16(2)27-24(28-17(3)4,29-18(5)6)20-13-12-19-14-15-26(22(19)21(20)25)30(10,11)23(7,8)9;/h12-18H,1-11H3;/q-1;+1.